The van der Waals surface area contributed by atoms with Gasteiger partial charge in [-0.25, -0.2) is 4.79 Å². The van der Waals surface area contributed by atoms with E-state index in [1.54, 1.807) is 26.0 Å². The standard InChI is InChI=1S/C25H34O5/c1-18(2)8-7-12-24(5)13-9-20(17-26)21(27)10-15-25(6,29)22(11-14-24)30-23(28)16-19(3)4/h8-11,14-17,22,29H,7,12-13H2,1-6H3/b14-11?,15-10+,20-9-/t22-,24+,25-/m1/s1. The number of carbonyl (C=O) groups excluding carboxylic acids is 3. The van der Waals surface area contributed by atoms with Crippen LogP contribution >= 0.6 is 0 Å². The Kier molecular flexibility index (Phi) is 9.37. The third kappa shape index (κ3) is 8.46. The molecule has 0 spiro atoms. The number of esters is 1. The van der Waals surface area contributed by atoms with E-state index in [0.717, 1.165) is 24.5 Å². The molecule has 164 valence electrons. The molecule has 30 heavy (non-hydrogen) atoms. The second kappa shape index (κ2) is 11.0. The first-order chi connectivity index (χ1) is 13.9. The molecule has 1 rings (SSSR count). The summed E-state index contributed by atoms with van der Waals surface area (Å²) in [6.07, 6.45) is 12.7. The quantitative estimate of drug-likeness (QED) is 0.226. The maximum absolute atomic E-state index is 12.4. The van der Waals surface area contributed by atoms with Gasteiger partial charge in [-0.1, -0.05) is 36.3 Å². The minimum atomic E-state index is -1.63. The first kappa shape index (κ1) is 25.5. The van der Waals surface area contributed by atoms with Gasteiger partial charge < -0.3 is 9.84 Å². The lowest BCUT2D eigenvalue weighted by atomic mass is 9.80. The average Bonchev–Trinajstić information content (AvgIpc) is 2.63. The molecular formula is C25H34O5. The highest BCUT2D eigenvalue weighted by molar-refractivity contribution is 6.17. The molecule has 0 aliphatic heterocycles. The van der Waals surface area contributed by atoms with Gasteiger partial charge in [0, 0.05) is 6.08 Å². The topological polar surface area (TPSA) is 80.7 Å². The van der Waals surface area contributed by atoms with Crippen molar-refractivity contribution in [1.29, 1.82) is 0 Å². The maximum Gasteiger partial charge on any atom is 0.331 e. The molecule has 5 heteroatoms. The van der Waals surface area contributed by atoms with Gasteiger partial charge >= 0.3 is 5.97 Å². The van der Waals surface area contributed by atoms with E-state index >= 15 is 0 Å². The number of hydrogen-bond acceptors (Lipinski definition) is 5. The highest BCUT2D eigenvalue weighted by Gasteiger charge is 2.32. The Bertz CT molecular complexity index is 799. The lowest BCUT2D eigenvalue weighted by molar-refractivity contribution is -0.148. The van der Waals surface area contributed by atoms with E-state index in [1.807, 2.05) is 26.8 Å². The normalized spacial score (nSPS) is 29.6. The number of ether oxygens (including phenoxy) is 1. The van der Waals surface area contributed by atoms with Gasteiger partial charge in [0.2, 0.25) is 0 Å². The number of rotatable bonds is 6. The highest BCUT2D eigenvalue weighted by Crippen LogP contribution is 2.33. The second-order valence-electron chi connectivity index (χ2n) is 8.82. The van der Waals surface area contributed by atoms with Gasteiger partial charge in [0.15, 0.2) is 18.2 Å². The van der Waals surface area contributed by atoms with Gasteiger partial charge in [-0.15, -0.1) is 0 Å². The Hall–Kier alpha value is -2.53. The minimum Gasteiger partial charge on any atom is -0.452 e. The average molecular weight is 415 g/mol. The fourth-order valence-electron chi connectivity index (χ4n) is 3.00. The SMILES string of the molecule is CC(C)=CCC[C@]1(C)C=C[C@@H](OC(=O)C=C(C)C)[C@](C)(O)/C=C/C(=O)/C(C=O)=C\C1. The van der Waals surface area contributed by atoms with Gasteiger partial charge in [-0.2, -0.15) is 0 Å². The molecule has 5 nitrogen and oxygen atoms in total. The molecule has 1 N–H and O–H groups in total. The van der Waals surface area contributed by atoms with Crippen molar-refractivity contribution >= 4 is 18.0 Å². The summed E-state index contributed by atoms with van der Waals surface area (Å²) in [4.78, 5) is 36.0. The van der Waals surface area contributed by atoms with Crippen LogP contribution in [0.1, 0.15) is 60.8 Å². The number of aliphatic hydroxyl groups is 1. The van der Waals surface area contributed by atoms with Crippen LogP contribution in [0, 0.1) is 5.41 Å². The van der Waals surface area contributed by atoms with E-state index < -0.39 is 28.9 Å². The molecule has 0 saturated carbocycles. The smallest absolute Gasteiger partial charge is 0.331 e. The summed E-state index contributed by atoms with van der Waals surface area (Å²) in [5.41, 5.74) is -0.00101. The lowest BCUT2D eigenvalue weighted by Gasteiger charge is -2.29. The fourth-order valence-corrected chi connectivity index (χ4v) is 3.00. The Labute approximate surface area is 179 Å². The van der Waals surface area contributed by atoms with E-state index in [9.17, 15) is 19.5 Å². The molecule has 0 heterocycles. The van der Waals surface area contributed by atoms with Crippen LogP contribution in [-0.2, 0) is 19.1 Å². The second-order valence-corrected chi connectivity index (χ2v) is 8.82. The van der Waals surface area contributed by atoms with Crippen LogP contribution in [0.2, 0.25) is 0 Å². The first-order valence-corrected chi connectivity index (χ1v) is 10.2. The van der Waals surface area contributed by atoms with E-state index in [0.29, 0.717) is 12.7 Å². The van der Waals surface area contributed by atoms with Crippen molar-refractivity contribution in [2.45, 2.75) is 72.5 Å². The molecule has 0 radical (unpaired) electrons. The predicted octanol–water partition coefficient (Wildman–Crippen LogP) is 4.58. The largest absolute Gasteiger partial charge is 0.452 e. The third-order valence-electron chi connectivity index (χ3n) is 4.94. The third-order valence-corrected chi connectivity index (χ3v) is 4.94. The molecular weight excluding hydrogens is 380 g/mol. The maximum atomic E-state index is 12.4. The zero-order valence-corrected chi connectivity index (χ0v) is 18.9. The Morgan fingerprint density at radius 1 is 1.20 bits per heavy atom. The number of ketones is 1. The molecule has 3 atom stereocenters. The summed E-state index contributed by atoms with van der Waals surface area (Å²) in [5.74, 6) is -1.06. The van der Waals surface area contributed by atoms with Crippen LogP contribution in [-0.4, -0.2) is 34.9 Å². The summed E-state index contributed by atoms with van der Waals surface area (Å²) in [7, 11) is 0. The van der Waals surface area contributed by atoms with Crippen molar-refractivity contribution in [3.8, 4) is 0 Å². The Balaban J connectivity index is 3.39. The molecule has 0 aromatic carbocycles. The number of hydrogen-bond donors (Lipinski definition) is 1. The van der Waals surface area contributed by atoms with Gasteiger partial charge in [0.25, 0.3) is 0 Å². The zero-order chi connectivity index (χ0) is 22.9. The van der Waals surface area contributed by atoms with Crippen molar-refractivity contribution in [2.75, 3.05) is 0 Å². The Morgan fingerprint density at radius 3 is 2.43 bits per heavy atom. The fraction of sp³-hybridized carbons (Fsp3) is 0.480. The van der Waals surface area contributed by atoms with Crippen LogP contribution in [0.5, 0.6) is 0 Å². The molecule has 1 aliphatic rings. The van der Waals surface area contributed by atoms with E-state index in [1.165, 1.54) is 24.6 Å². The van der Waals surface area contributed by atoms with E-state index in [-0.39, 0.29) is 5.57 Å². The minimum absolute atomic E-state index is 0.0453. The summed E-state index contributed by atoms with van der Waals surface area (Å²) in [5, 5.41) is 10.9. The first-order valence-electron chi connectivity index (χ1n) is 10.2. The summed E-state index contributed by atoms with van der Waals surface area (Å²) in [6.45, 7) is 11.1. The van der Waals surface area contributed by atoms with Crippen LogP contribution in [0.3, 0.4) is 0 Å². The number of carbonyl (C=O) groups is 3. The van der Waals surface area contributed by atoms with Gasteiger partial charge in [-0.05, 0) is 77.5 Å². The zero-order valence-electron chi connectivity index (χ0n) is 18.9. The highest BCUT2D eigenvalue weighted by atomic mass is 16.6. The molecule has 1 aliphatic carbocycles. The van der Waals surface area contributed by atoms with Gasteiger partial charge in [0.1, 0.15) is 5.60 Å². The van der Waals surface area contributed by atoms with Crippen LogP contribution < -0.4 is 0 Å². The van der Waals surface area contributed by atoms with Crippen molar-refractivity contribution in [3.63, 3.8) is 0 Å². The van der Waals surface area contributed by atoms with Crippen LogP contribution in [0.25, 0.3) is 0 Å². The van der Waals surface area contributed by atoms with Crippen molar-refractivity contribution in [1.82, 2.24) is 0 Å². The molecule has 0 aromatic rings. The van der Waals surface area contributed by atoms with E-state index in [4.69, 9.17) is 4.74 Å². The van der Waals surface area contributed by atoms with Crippen molar-refractivity contribution < 1.29 is 24.2 Å². The van der Waals surface area contributed by atoms with E-state index in [2.05, 4.69) is 6.08 Å². The summed E-state index contributed by atoms with van der Waals surface area (Å²) in [6, 6.07) is 0. The van der Waals surface area contributed by atoms with Gasteiger partial charge in [0.05, 0.1) is 5.57 Å². The molecule has 0 aromatic heterocycles. The monoisotopic (exact) mass is 414 g/mol. The van der Waals surface area contributed by atoms with Crippen LogP contribution in [0.15, 0.2) is 59.3 Å². The number of aldehydes is 1. The molecule has 0 amide bonds. The van der Waals surface area contributed by atoms with Crippen LogP contribution in [0.4, 0.5) is 0 Å². The van der Waals surface area contributed by atoms with Crippen molar-refractivity contribution in [2.24, 2.45) is 5.41 Å². The molecule has 0 unspecified atom stereocenters. The molecule has 0 bridgehead atoms. The predicted molar refractivity (Wildman–Crippen MR) is 119 cm³/mol. The summed E-state index contributed by atoms with van der Waals surface area (Å²) < 4.78 is 5.50. The number of allylic oxidation sites excluding steroid dienone is 7. The lowest BCUT2D eigenvalue weighted by Crippen LogP contribution is -2.39. The molecule has 0 fully saturated rings. The van der Waals surface area contributed by atoms with Gasteiger partial charge in [-0.3, -0.25) is 9.59 Å². The summed E-state index contributed by atoms with van der Waals surface area (Å²) >= 11 is 0. The Morgan fingerprint density at radius 2 is 1.87 bits per heavy atom. The van der Waals surface area contributed by atoms with Crippen molar-refractivity contribution in [3.05, 3.63) is 59.3 Å². The molecule has 0 saturated heterocycles.